The van der Waals surface area contributed by atoms with Crippen LogP contribution in [0.2, 0.25) is 0 Å². The molecular formula is C12H15N3O3S. The van der Waals surface area contributed by atoms with Crippen LogP contribution in [0.15, 0.2) is 24.3 Å². The summed E-state index contributed by atoms with van der Waals surface area (Å²) in [5.74, 6) is 0.408. The van der Waals surface area contributed by atoms with Crippen molar-refractivity contribution in [3.8, 4) is 5.88 Å². The lowest BCUT2D eigenvalue weighted by Gasteiger charge is -2.09. The molecule has 0 saturated carbocycles. The zero-order valence-electron chi connectivity index (χ0n) is 10.8. The van der Waals surface area contributed by atoms with Crippen molar-refractivity contribution in [3.05, 3.63) is 24.3 Å². The van der Waals surface area contributed by atoms with Crippen molar-refractivity contribution < 1.29 is 13.2 Å². The lowest BCUT2D eigenvalue weighted by molar-refractivity contribution is 0.309. The lowest BCUT2D eigenvalue weighted by Crippen LogP contribution is -2.13. The smallest absolute Gasteiger partial charge is 0.240 e. The van der Waals surface area contributed by atoms with Gasteiger partial charge in [0.15, 0.2) is 0 Å². The van der Waals surface area contributed by atoms with Crippen LogP contribution in [0, 0.1) is 0 Å². The third kappa shape index (κ3) is 3.54. The minimum atomic E-state index is -3.41. The van der Waals surface area contributed by atoms with Gasteiger partial charge < -0.3 is 4.74 Å². The molecule has 102 valence electrons. The summed E-state index contributed by atoms with van der Waals surface area (Å²) in [5.41, 5.74) is 0.634. The van der Waals surface area contributed by atoms with Crippen molar-refractivity contribution in [2.24, 2.45) is 0 Å². The first kappa shape index (κ1) is 13.5. The van der Waals surface area contributed by atoms with Crippen LogP contribution in [-0.4, -0.2) is 31.2 Å². The summed E-state index contributed by atoms with van der Waals surface area (Å²) in [4.78, 5) is 8.25. The molecule has 0 unspecified atom stereocenters. The molecule has 0 radical (unpaired) electrons. The van der Waals surface area contributed by atoms with Gasteiger partial charge in [0, 0.05) is 0 Å². The lowest BCUT2D eigenvalue weighted by atomic mass is 10.2. The summed E-state index contributed by atoms with van der Waals surface area (Å²) in [7, 11) is -3.41. The Bertz CT molecular complexity index is 686. The molecule has 19 heavy (non-hydrogen) atoms. The van der Waals surface area contributed by atoms with Gasteiger partial charge in [0.25, 0.3) is 0 Å². The van der Waals surface area contributed by atoms with Gasteiger partial charge in [-0.2, -0.15) is 4.98 Å². The van der Waals surface area contributed by atoms with Crippen LogP contribution >= 0.6 is 0 Å². The van der Waals surface area contributed by atoms with E-state index in [1.54, 1.807) is 6.07 Å². The van der Waals surface area contributed by atoms with E-state index in [1.807, 2.05) is 25.1 Å². The van der Waals surface area contributed by atoms with E-state index < -0.39 is 10.0 Å². The topological polar surface area (TPSA) is 81.2 Å². The minimum absolute atomic E-state index is 0.0207. The van der Waals surface area contributed by atoms with Crippen molar-refractivity contribution >= 4 is 26.9 Å². The molecule has 0 atom stereocenters. The van der Waals surface area contributed by atoms with Crippen molar-refractivity contribution in [3.63, 3.8) is 0 Å². The summed E-state index contributed by atoms with van der Waals surface area (Å²) in [6.45, 7) is 2.50. The van der Waals surface area contributed by atoms with Gasteiger partial charge in [0.1, 0.15) is 0 Å². The number of ether oxygens (including phenoxy) is 1. The molecular weight excluding hydrogens is 266 g/mol. The number of para-hydroxylation sites is 1. The van der Waals surface area contributed by atoms with Gasteiger partial charge in [-0.25, -0.2) is 13.4 Å². The zero-order chi connectivity index (χ0) is 13.9. The molecule has 0 fully saturated rings. The molecule has 7 heteroatoms. The Kier molecular flexibility index (Phi) is 3.84. The molecule has 2 aromatic rings. The van der Waals surface area contributed by atoms with E-state index in [2.05, 4.69) is 14.7 Å². The number of hydrogen-bond donors (Lipinski definition) is 1. The summed E-state index contributed by atoms with van der Waals surface area (Å²) in [6, 6.07) is 7.30. The monoisotopic (exact) mass is 281 g/mol. The van der Waals surface area contributed by atoms with Gasteiger partial charge in [-0.15, -0.1) is 0 Å². The van der Waals surface area contributed by atoms with Crippen molar-refractivity contribution in [1.29, 1.82) is 0 Å². The van der Waals surface area contributed by atoms with Crippen molar-refractivity contribution in [2.45, 2.75) is 13.3 Å². The second kappa shape index (κ2) is 5.40. The fourth-order valence-electron chi connectivity index (χ4n) is 1.57. The predicted octanol–water partition coefficient (Wildman–Crippen LogP) is 1.79. The van der Waals surface area contributed by atoms with Crippen LogP contribution < -0.4 is 9.46 Å². The number of sulfonamides is 1. The Labute approximate surface area is 111 Å². The van der Waals surface area contributed by atoms with Gasteiger partial charge in [-0.3, -0.25) is 4.72 Å². The SMILES string of the molecule is CCCOc1nc(NS(C)(=O)=O)nc2ccccc12. The van der Waals surface area contributed by atoms with Crippen LogP contribution in [0.5, 0.6) is 5.88 Å². The summed E-state index contributed by atoms with van der Waals surface area (Å²) >= 11 is 0. The highest BCUT2D eigenvalue weighted by atomic mass is 32.2. The number of hydrogen-bond acceptors (Lipinski definition) is 5. The van der Waals surface area contributed by atoms with Gasteiger partial charge in [-0.1, -0.05) is 19.1 Å². The highest BCUT2D eigenvalue weighted by Crippen LogP contribution is 2.24. The van der Waals surface area contributed by atoms with Crippen LogP contribution in [0.3, 0.4) is 0 Å². The maximum absolute atomic E-state index is 11.2. The Balaban J connectivity index is 2.49. The number of nitrogens with zero attached hydrogens (tertiary/aromatic N) is 2. The summed E-state index contributed by atoms with van der Waals surface area (Å²) < 4.78 is 30.3. The second-order valence-electron chi connectivity index (χ2n) is 4.09. The standard InChI is InChI=1S/C12H15N3O3S/c1-3-8-18-11-9-6-4-5-7-10(9)13-12(14-11)15-19(2,16)17/h4-7H,3,8H2,1-2H3,(H,13,14,15). The predicted molar refractivity (Wildman–Crippen MR) is 73.8 cm³/mol. The summed E-state index contributed by atoms with van der Waals surface area (Å²) in [6.07, 6.45) is 1.89. The molecule has 1 N–H and O–H groups in total. The highest BCUT2D eigenvalue weighted by molar-refractivity contribution is 7.91. The fourth-order valence-corrected chi connectivity index (χ4v) is 1.99. The van der Waals surface area contributed by atoms with Gasteiger partial charge in [-0.05, 0) is 18.6 Å². The normalized spacial score (nSPS) is 11.5. The van der Waals surface area contributed by atoms with E-state index >= 15 is 0 Å². The first-order chi connectivity index (χ1) is 8.99. The van der Waals surface area contributed by atoms with E-state index in [0.717, 1.165) is 18.1 Å². The first-order valence-electron chi connectivity index (χ1n) is 5.87. The number of fused-ring (bicyclic) bond motifs is 1. The summed E-state index contributed by atoms with van der Waals surface area (Å²) in [5, 5.41) is 0.759. The molecule has 1 heterocycles. The molecule has 0 aliphatic rings. The van der Waals surface area contributed by atoms with Gasteiger partial charge >= 0.3 is 0 Å². The van der Waals surface area contributed by atoms with Crippen LogP contribution in [-0.2, 0) is 10.0 Å². The molecule has 0 bridgehead atoms. The number of rotatable bonds is 5. The molecule has 6 nitrogen and oxygen atoms in total. The largest absolute Gasteiger partial charge is 0.477 e. The average Bonchev–Trinajstić information content (AvgIpc) is 2.34. The third-order valence-electron chi connectivity index (χ3n) is 2.29. The average molecular weight is 281 g/mol. The molecule has 1 aromatic carbocycles. The molecule has 1 aromatic heterocycles. The number of aromatic nitrogens is 2. The Morgan fingerprint density at radius 3 is 2.68 bits per heavy atom. The van der Waals surface area contributed by atoms with Gasteiger partial charge in [0.2, 0.25) is 21.9 Å². The van der Waals surface area contributed by atoms with Crippen LogP contribution in [0.1, 0.15) is 13.3 Å². The number of nitrogens with one attached hydrogen (secondary N) is 1. The highest BCUT2D eigenvalue weighted by Gasteiger charge is 2.11. The van der Waals surface area contributed by atoms with E-state index in [9.17, 15) is 8.42 Å². The van der Waals surface area contributed by atoms with Gasteiger partial charge in [0.05, 0.1) is 23.8 Å². The minimum Gasteiger partial charge on any atom is -0.477 e. The zero-order valence-corrected chi connectivity index (χ0v) is 11.6. The molecule has 0 spiro atoms. The van der Waals surface area contributed by atoms with Crippen LogP contribution in [0.25, 0.3) is 10.9 Å². The van der Waals surface area contributed by atoms with Crippen LogP contribution in [0.4, 0.5) is 5.95 Å². The van der Waals surface area contributed by atoms with E-state index in [1.165, 1.54) is 0 Å². The molecule has 0 amide bonds. The third-order valence-corrected chi connectivity index (χ3v) is 2.84. The quantitative estimate of drug-likeness (QED) is 0.903. The maximum atomic E-state index is 11.2. The number of benzene rings is 1. The van der Waals surface area contributed by atoms with Crippen molar-refractivity contribution in [1.82, 2.24) is 9.97 Å². The molecule has 0 saturated heterocycles. The maximum Gasteiger partial charge on any atom is 0.240 e. The molecule has 0 aliphatic heterocycles. The molecule has 2 rings (SSSR count). The van der Waals surface area contributed by atoms with E-state index in [4.69, 9.17) is 4.74 Å². The Morgan fingerprint density at radius 2 is 2.00 bits per heavy atom. The second-order valence-corrected chi connectivity index (χ2v) is 5.84. The molecule has 0 aliphatic carbocycles. The Morgan fingerprint density at radius 1 is 1.26 bits per heavy atom. The van der Waals surface area contributed by atoms with E-state index in [-0.39, 0.29) is 5.95 Å². The number of anilines is 1. The van der Waals surface area contributed by atoms with E-state index in [0.29, 0.717) is 18.0 Å². The first-order valence-corrected chi connectivity index (χ1v) is 7.76. The Hall–Kier alpha value is -1.89. The fraction of sp³-hybridized carbons (Fsp3) is 0.333. The van der Waals surface area contributed by atoms with Crippen molar-refractivity contribution in [2.75, 3.05) is 17.6 Å².